The number of ketones is 1. The van der Waals surface area contributed by atoms with Crippen molar-refractivity contribution in [3.05, 3.63) is 69.9 Å². The Morgan fingerprint density at radius 1 is 1.06 bits per heavy atom. The third-order valence-electron chi connectivity index (χ3n) is 5.94. The lowest BCUT2D eigenvalue weighted by molar-refractivity contribution is -0.139. The predicted octanol–water partition coefficient (Wildman–Crippen LogP) is 3.74. The molecular weight excluding hydrogens is 436 g/mol. The SMILES string of the molecule is COc1cc(C2C(C(=O)OCCC#N)=C(C)NC3=C2C(=O)c2ccccc23)cc(OC)c1OC. The van der Waals surface area contributed by atoms with Gasteiger partial charge in [-0.25, -0.2) is 4.79 Å². The molecule has 1 aliphatic carbocycles. The maximum absolute atomic E-state index is 13.6. The molecule has 0 aromatic heterocycles. The second kappa shape index (κ2) is 9.32. The van der Waals surface area contributed by atoms with E-state index in [0.29, 0.717) is 45.3 Å². The summed E-state index contributed by atoms with van der Waals surface area (Å²) in [6.07, 6.45) is 0.0681. The molecule has 4 rings (SSSR count). The highest BCUT2D eigenvalue weighted by atomic mass is 16.5. The van der Waals surface area contributed by atoms with Gasteiger partial charge in [0, 0.05) is 28.3 Å². The van der Waals surface area contributed by atoms with Crippen molar-refractivity contribution in [3.63, 3.8) is 0 Å². The number of benzene rings is 2. The van der Waals surface area contributed by atoms with Crippen molar-refractivity contribution in [2.75, 3.05) is 27.9 Å². The van der Waals surface area contributed by atoms with Crippen molar-refractivity contribution < 1.29 is 28.5 Å². The van der Waals surface area contributed by atoms with Crippen LogP contribution < -0.4 is 19.5 Å². The first kappa shape index (κ1) is 22.9. The monoisotopic (exact) mass is 460 g/mol. The summed E-state index contributed by atoms with van der Waals surface area (Å²) in [6.45, 7) is 1.72. The summed E-state index contributed by atoms with van der Waals surface area (Å²) in [4.78, 5) is 26.8. The first-order valence-corrected chi connectivity index (χ1v) is 10.7. The van der Waals surface area contributed by atoms with E-state index in [0.717, 1.165) is 5.56 Å². The minimum Gasteiger partial charge on any atom is -0.493 e. The lowest BCUT2D eigenvalue weighted by atomic mass is 9.79. The smallest absolute Gasteiger partial charge is 0.336 e. The predicted molar refractivity (Wildman–Crippen MR) is 124 cm³/mol. The average Bonchev–Trinajstić information content (AvgIpc) is 3.13. The van der Waals surface area contributed by atoms with E-state index in [9.17, 15) is 9.59 Å². The van der Waals surface area contributed by atoms with Crippen molar-refractivity contribution >= 4 is 17.4 Å². The van der Waals surface area contributed by atoms with Crippen LogP contribution in [-0.2, 0) is 9.53 Å². The van der Waals surface area contributed by atoms with E-state index in [4.69, 9.17) is 24.2 Å². The Morgan fingerprint density at radius 2 is 1.71 bits per heavy atom. The maximum atomic E-state index is 13.6. The maximum Gasteiger partial charge on any atom is 0.336 e. The van der Waals surface area contributed by atoms with Crippen molar-refractivity contribution in [1.29, 1.82) is 5.26 Å². The van der Waals surface area contributed by atoms with Gasteiger partial charge in [-0.15, -0.1) is 0 Å². The average molecular weight is 460 g/mol. The number of allylic oxidation sites excluding steroid dienone is 2. The van der Waals surface area contributed by atoms with Gasteiger partial charge in [0.1, 0.15) is 6.61 Å². The van der Waals surface area contributed by atoms with Gasteiger partial charge < -0.3 is 24.3 Å². The summed E-state index contributed by atoms with van der Waals surface area (Å²) in [5.74, 6) is -0.331. The van der Waals surface area contributed by atoms with Crippen LogP contribution in [0.1, 0.15) is 40.7 Å². The summed E-state index contributed by atoms with van der Waals surface area (Å²) in [5, 5.41) is 12.1. The van der Waals surface area contributed by atoms with Crippen molar-refractivity contribution in [1.82, 2.24) is 5.32 Å². The molecule has 0 fully saturated rings. The summed E-state index contributed by atoms with van der Waals surface area (Å²) in [7, 11) is 4.51. The zero-order valence-corrected chi connectivity index (χ0v) is 19.4. The van der Waals surface area contributed by atoms with Crippen LogP contribution in [0, 0.1) is 11.3 Å². The molecular formula is C26H24N2O6. The number of carbonyl (C=O) groups is 2. The van der Waals surface area contributed by atoms with E-state index in [-0.39, 0.29) is 24.4 Å². The zero-order chi connectivity index (χ0) is 24.4. The Morgan fingerprint density at radius 3 is 2.29 bits per heavy atom. The summed E-state index contributed by atoms with van der Waals surface area (Å²) in [6, 6.07) is 12.7. The van der Waals surface area contributed by atoms with Gasteiger partial charge in [0.05, 0.1) is 45.1 Å². The van der Waals surface area contributed by atoms with Crippen LogP contribution in [0.3, 0.4) is 0 Å². The van der Waals surface area contributed by atoms with Crippen molar-refractivity contribution in [3.8, 4) is 23.3 Å². The molecule has 2 aromatic rings. The standard InChI is InChI=1S/C26H24N2O6/c1-14-20(26(30)34-11-7-10-27)21(15-12-18(31-2)25(33-4)19(13-15)32-3)22-23(28-14)16-8-5-6-9-17(16)24(22)29/h5-6,8-9,12-13,21,28H,7,11H2,1-4H3. The van der Waals surface area contributed by atoms with Gasteiger partial charge in [-0.3, -0.25) is 4.79 Å². The molecule has 1 unspecified atom stereocenters. The minimum atomic E-state index is -0.751. The number of carbonyl (C=O) groups excluding carboxylic acids is 2. The number of rotatable bonds is 7. The van der Waals surface area contributed by atoms with Gasteiger partial charge in [0.25, 0.3) is 0 Å². The normalized spacial score (nSPS) is 16.3. The van der Waals surface area contributed by atoms with Gasteiger partial charge >= 0.3 is 5.97 Å². The number of nitriles is 1. The lowest BCUT2D eigenvalue weighted by Gasteiger charge is -2.30. The van der Waals surface area contributed by atoms with Crippen LogP contribution in [0.2, 0.25) is 0 Å². The molecule has 0 spiro atoms. The molecule has 1 atom stereocenters. The highest BCUT2D eigenvalue weighted by Gasteiger charge is 2.43. The van der Waals surface area contributed by atoms with Gasteiger partial charge in [-0.05, 0) is 24.6 Å². The molecule has 174 valence electrons. The Balaban J connectivity index is 1.93. The second-order valence-electron chi connectivity index (χ2n) is 7.76. The lowest BCUT2D eigenvalue weighted by Crippen LogP contribution is -2.29. The molecule has 1 N–H and O–H groups in total. The zero-order valence-electron chi connectivity index (χ0n) is 19.4. The number of nitrogens with one attached hydrogen (secondary N) is 1. The van der Waals surface area contributed by atoms with E-state index >= 15 is 0 Å². The minimum absolute atomic E-state index is 0.0475. The molecule has 0 amide bonds. The number of methoxy groups -OCH3 is 3. The number of hydrogen-bond acceptors (Lipinski definition) is 8. The van der Waals surface area contributed by atoms with Crippen molar-refractivity contribution in [2.45, 2.75) is 19.3 Å². The van der Waals surface area contributed by atoms with Crippen LogP contribution >= 0.6 is 0 Å². The molecule has 1 heterocycles. The molecule has 0 bridgehead atoms. The number of hydrogen-bond donors (Lipinski definition) is 1. The molecule has 0 radical (unpaired) electrons. The highest BCUT2D eigenvalue weighted by molar-refractivity contribution is 6.23. The summed E-state index contributed by atoms with van der Waals surface area (Å²) >= 11 is 0. The molecule has 1 aliphatic heterocycles. The number of ether oxygens (including phenoxy) is 4. The van der Waals surface area contributed by atoms with E-state index in [2.05, 4.69) is 5.32 Å². The van der Waals surface area contributed by atoms with Crippen LogP contribution in [-0.4, -0.2) is 39.7 Å². The number of esters is 1. The third kappa shape index (κ3) is 3.65. The van der Waals surface area contributed by atoms with Crippen LogP contribution in [0.4, 0.5) is 0 Å². The molecule has 34 heavy (non-hydrogen) atoms. The summed E-state index contributed by atoms with van der Waals surface area (Å²) < 4.78 is 21.9. The Labute approximate surface area is 197 Å². The van der Waals surface area contributed by atoms with Gasteiger partial charge in [-0.1, -0.05) is 24.3 Å². The quantitative estimate of drug-likeness (QED) is 0.492. The van der Waals surface area contributed by atoms with Gasteiger partial charge in [0.2, 0.25) is 5.75 Å². The van der Waals surface area contributed by atoms with Crippen LogP contribution in [0.5, 0.6) is 17.2 Å². The fraction of sp³-hybridized carbons (Fsp3) is 0.269. The van der Waals surface area contributed by atoms with Gasteiger partial charge in [0.15, 0.2) is 17.3 Å². The molecule has 2 aromatic carbocycles. The van der Waals surface area contributed by atoms with Crippen LogP contribution in [0.25, 0.3) is 5.70 Å². The number of Topliss-reactive ketones (excluding diaryl/α,β-unsaturated/α-hetero) is 1. The van der Waals surface area contributed by atoms with E-state index < -0.39 is 11.9 Å². The fourth-order valence-electron chi connectivity index (χ4n) is 4.47. The number of fused-ring (bicyclic) bond motifs is 2. The third-order valence-corrected chi connectivity index (χ3v) is 5.94. The van der Waals surface area contributed by atoms with E-state index in [1.165, 1.54) is 21.3 Å². The molecule has 8 heteroatoms. The topological polar surface area (TPSA) is 107 Å². The molecule has 0 saturated carbocycles. The molecule has 8 nitrogen and oxygen atoms in total. The van der Waals surface area contributed by atoms with Crippen LogP contribution in [0.15, 0.2) is 53.2 Å². The molecule has 0 saturated heterocycles. The van der Waals surface area contributed by atoms with Gasteiger partial charge in [-0.2, -0.15) is 5.26 Å². The van der Waals surface area contributed by atoms with E-state index in [1.807, 2.05) is 18.2 Å². The Bertz CT molecular complexity index is 1260. The largest absolute Gasteiger partial charge is 0.493 e. The molecule has 2 aliphatic rings. The van der Waals surface area contributed by atoms with E-state index in [1.54, 1.807) is 31.2 Å². The number of dihydropyridines is 1. The first-order valence-electron chi connectivity index (χ1n) is 10.7. The number of nitrogens with zero attached hydrogens (tertiary/aromatic N) is 1. The first-order chi connectivity index (χ1) is 16.5. The highest BCUT2D eigenvalue weighted by Crippen LogP contribution is 2.49. The fourth-order valence-corrected chi connectivity index (χ4v) is 4.47. The Hall–Kier alpha value is -4.25. The van der Waals surface area contributed by atoms with Crippen molar-refractivity contribution in [2.24, 2.45) is 0 Å². The Kier molecular flexibility index (Phi) is 6.28. The second-order valence-corrected chi connectivity index (χ2v) is 7.76. The summed E-state index contributed by atoms with van der Waals surface area (Å²) in [5.41, 5.74) is 3.88.